The predicted octanol–water partition coefficient (Wildman–Crippen LogP) is 1.73. The molecule has 0 aliphatic carbocycles. The van der Waals surface area contributed by atoms with Gasteiger partial charge in [-0.15, -0.1) is 0 Å². The van der Waals surface area contributed by atoms with Crippen molar-refractivity contribution in [2.45, 2.75) is 6.54 Å². The fourth-order valence-electron chi connectivity index (χ4n) is 1.57. The van der Waals surface area contributed by atoms with Crippen molar-refractivity contribution in [2.24, 2.45) is 7.05 Å². The number of carboxylic acid groups (broad SMARTS) is 1. The molecule has 0 aliphatic rings. The Bertz CT molecular complexity index is 534. The summed E-state index contributed by atoms with van der Waals surface area (Å²) >= 11 is 0. The number of aromatic carboxylic acids is 1. The molecule has 2 N–H and O–H groups in total. The van der Waals surface area contributed by atoms with Crippen molar-refractivity contribution in [1.82, 2.24) is 9.78 Å². The van der Waals surface area contributed by atoms with Gasteiger partial charge in [0.25, 0.3) is 0 Å². The number of nitrogens with one attached hydrogen (secondary N) is 1. The number of carboxylic acids is 1. The summed E-state index contributed by atoms with van der Waals surface area (Å²) in [5.41, 5.74) is 1.74. The zero-order valence-corrected chi connectivity index (χ0v) is 9.42. The van der Waals surface area contributed by atoms with Crippen LogP contribution < -0.4 is 5.32 Å². The van der Waals surface area contributed by atoms with Gasteiger partial charge < -0.3 is 10.4 Å². The molecule has 0 radical (unpaired) electrons. The van der Waals surface area contributed by atoms with Crippen molar-refractivity contribution in [2.75, 3.05) is 5.32 Å². The SMILES string of the molecule is Cn1ccc(CNc2ccccc2C(=O)O)n1. The monoisotopic (exact) mass is 231 g/mol. The third-order valence-corrected chi connectivity index (χ3v) is 2.39. The van der Waals surface area contributed by atoms with Crippen molar-refractivity contribution in [3.05, 3.63) is 47.8 Å². The number of anilines is 1. The maximum atomic E-state index is 11.0. The summed E-state index contributed by atoms with van der Waals surface area (Å²) in [7, 11) is 1.84. The van der Waals surface area contributed by atoms with Crippen molar-refractivity contribution >= 4 is 11.7 Å². The molecule has 5 nitrogen and oxygen atoms in total. The molecule has 5 heteroatoms. The zero-order valence-electron chi connectivity index (χ0n) is 9.42. The van der Waals surface area contributed by atoms with E-state index in [9.17, 15) is 4.79 Å². The van der Waals surface area contributed by atoms with Crippen LogP contribution in [0.1, 0.15) is 16.1 Å². The molecule has 17 heavy (non-hydrogen) atoms. The molecule has 0 spiro atoms. The van der Waals surface area contributed by atoms with Crippen molar-refractivity contribution in [3.8, 4) is 0 Å². The second-order valence-corrected chi connectivity index (χ2v) is 3.69. The van der Waals surface area contributed by atoms with Gasteiger partial charge in [0.15, 0.2) is 0 Å². The summed E-state index contributed by atoms with van der Waals surface area (Å²) in [6.45, 7) is 0.505. The van der Waals surface area contributed by atoms with Gasteiger partial charge in [-0.25, -0.2) is 4.79 Å². The van der Waals surface area contributed by atoms with Gasteiger partial charge in [-0.2, -0.15) is 5.10 Å². The van der Waals surface area contributed by atoms with Gasteiger partial charge in [0, 0.05) is 18.9 Å². The molecule has 0 saturated heterocycles. The van der Waals surface area contributed by atoms with Gasteiger partial charge in [-0.05, 0) is 18.2 Å². The lowest BCUT2D eigenvalue weighted by Gasteiger charge is -2.07. The van der Waals surface area contributed by atoms with Crippen molar-refractivity contribution in [3.63, 3.8) is 0 Å². The Kier molecular flexibility index (Phi) is 3.09. The van der Waals surface area contributed by atoms with E-state index in [1.807, 2.05) is 19.3 Å². The molecule has 2 rings (SSSR count). The van der Waals surface area contributed by atoms with Crippen LogP contribution in [0, 0.1) is 0 Å². The van der Waals surface area contributed by atoms with E-state index in [2.05, 4.69) is 10.4 Å². The molecular formula is C12H13N3O2. The van der Waals surface area contributed by atoms with Crippen LogP contribution in [-0.2, 0) is 13.6 Å². The van der Waals surface area contributed by atoms with E-state index in [1.54, 1.807) is 28.9 Å². The number of para-hydroxylation sites is 1. The smallest absolute Gasteiger partial charge is 0.337 e. The van der Waals surface area contributed by atoms with Crippen LogP contribution in [-0.4, -0.2) is 20.9 Å². The Balaban J connectivity index is 2.11. The molecule has 1 aromatic heterocycles. The molecule has 0 bridgehead atoms. The minimum atomic E-state index is -0.936. The molecule has 88 valence electrons. The first kappa shape index (κ1) is 11.2. The number of nitrogens with zero attached hydrogens (tertiary/aromatic N) is 2. The molecule has 1 heterocycles. The van der Waals surface area contributed by atoms with Gasteiger partial charge in [-0.3, -0.25) is 4.68 Å². The fourth-order valence-corrected chi connectivity index (χ4v) is 1.57. The molecule has 0 unspecified atom stereocenters. The lowest BCUT2D eigenvalue weighted by Crippen LogP contribution is -2.06. The second kappa shape index (κ2) is 4.69. The normalized spacial score (nSPS) is 10.2. The highest BCUT2D eigenvalue weighted by Crippen LogP contribution is 2.15. The van der Waals surface area contributed by atoms with Crippen LogP contribution in [0.5, 0.6) is 0 Å². The van der Waals surface area contributed by atoms with Gasteiger partial charge in [0.1, 0.15) is 0 Å². The summed E-state index contributed by atoms with van der Waals surface area (Å²) in [5.74, 6) is -0.936. The first-order valence-corrected chi connectivity index (χ1v) is 5.21. The van der Waals surface area contributed by atoms with Gasteiger partial charge in [-0.1, -0.05) is 12.1 Å². The van der Waals surface area contributed by atoms with Crippen LogP contribution in [0.15, 0.2) is 36.5 Å². The number of aryl methyl sites for hydroxylation is 1. The topological polar surface area (TPSA) is 67.2 Å². The van der Waals surface area contributed by atoms with Crippen LogP contribution in [0.3, 0.4) is 0 Å². The molecule has 0 aliphatic heterocycles. The lowest BCUT2D eigenvalue weighted by molar-refractivity contribution is 0.0698. The average molecular weight is 231 g/mol. The molecule has 0 amide bonds. The third kappa shape index (κ3) is 2.63. The van der Waals surface area contributed by atoms with E-state index in [0.717, 1.165) is 5.69 Å². The highest BCUT2D eigenvalue weighted by Gasteiger charge is 2.08. The molecule has 2 aromatic rings. The summed E-state index contributed by atoms with van der Waals surface area (Å²) < 4.78 is 1.71. The maximum Gasteiger partial charge on any atom is 0.337 e. The largest absolute Gasteiger partial charge is 0.478 e. The fraction of sp³-hybridized carbons (Fsp3) is 0.167. The van der Waals surface area contributed by atoms with E-state index in [-0.39, 0.29) is 5.56 Å². The minimum absolute atomic E-state index is 0.267. The van der Waals surface area contributed by atoms with E-state index in [1.165, 1.54) is 0 Å². The Morgan fingerprint density at radius 3 is 2.82 bits per heavy atom. The number of hydrogen-bond acceptors (Lipinski definition) is 3. The van der Waals surface area contributed by atoms with Gasteiger partial charge in [0.2, 0.25) is 0 Å². The summed E-state index contributed by atoms with van der Waals surface area (Å²) in [6, 6.07) is 8.70. The molecule has 1 aromatic carbocycles. The van der Waals surface area contributed by atoms with Gasteiger partial charge in [0.05, 0.1) is 17.8 Å². The third-order valence-electron chi connectivity index (χ3n) is 2.39. The summed E-state index contributed by atoms with van der Waals surface area (Å²) in [5, 5.41) is 16.3. The van der Waals surface area contributed by atoms with Crippen molar-refractivity contribution < 1.29 is 9.90 Å². The first-order chi connectivity index (χ1) is 8.16. The Morgan fingerprint density at radius 2 is 2.18 bits per heavy atom. The van der Waals surface area contributed by atoms with E-state index < -0.39 is 5.97 Å². The van der Waals surface area contributed by atoms with E-state index >= 15 is 0 Å². The molecular weight excluding hydrogens is 218 g/mol. The number of rotatable bonds is 4. The minimum Gasteiger partial charge on any atom is -0.478 e. The summed E-state index contributed by atoms with van der Waals surface area (Å²) in [6.07, 6.45) is 1.85. The highest BCUT2D eigenvalue weighted by atomic mass is 16.4. The number of hydrogen-bond donors (Lipinski definition) is 2. The molecule has 0 saturated carbocycles. The average Bonchev–Trinajstić information content (AvgIpc) is 2.73. The predicted molar refractivity (Wildman–Crippen MR) is 63.9 cm³/mol. The Morgan fingerprint density at radius 1 is 1.41 bits per heavy atom. The highest BCUT2D eigenvalue weighted by molar-refractivity contribution is 5.94. The van der Waals surface area contributed by atoms with Crippen LogP contribution >= 0.6 is 0 Å². The van der Waals surface area contributed by atoms with Gasteiger partial charge >= 0.3 is 5.97 Å². The summed E-state index contributed by atoms with van der Waals surface area (Å²) in [4.78, 5) is 11.0. The standard InChI is InChI=1S/C12H13N3O2/c1-15-7-6-9(14-15)8-13-11-5-3-2-4-10(11)12(16)17/h2-7,13H,8H2,1H3,(H,16,17). The number of benzene rings is 1. The van der Waals surface area contributed by atoms with Crippen LogP contribution in [0.25, 0.3) is 0 Å². The zero-order chi connectivity index (χ0) is 12.3. The maximum absolute atomic E-state index is 11.0. The van der Waals surface area contributed by atoms with Crippen molar-refractivity contribution in [1.29, 1.82) is 0 Å². The van der Waals surface area contributed by atoms with E-state index in [0.29, 0.717) is 12.2 Å². The molecule has 0 fully saturated rings. The number of carbonyl (C=O) groups is 1. The second-order valence-electron chi connectivity index (χ2n) is 3.69. The Labute approximate surface area is 98.7 Å². The molecule has 0 atom stereocenters. The number of aromatic nitrogens is 2. The van der Waals surface area contributed by atoms with E-state index in [4.69, 9.17) is 5.11 Å². The quantitative estimate of drug-likeness (QED) is 0.841. The first-order valence-electron chi connectivity index (χ1n) is 5.21. The Hall–Kier alpha value is -2.30. The van der Waals surface area contributed by atoms with Crippen LogP contribution in [0.2, 0.25) is 0 Å². The van der Waals surface area contributed by atoms with Crippen LogP contribution in [0.4, 0.5) is 5.69 Å². The lowest BCUT2D eigenvalue weighted by atomic mass is 10.2.